The van der Waals surface area contributed by atoms with Crippen molar-refractivity contribution in [1.82, 2.24) is 4.98 Å². The maximum absolute atomic E-state index is 12.6. The molecule has 0 bridgehead atoms. The Kier molecular flexibility index (Phi) is 7.59. The van der Waals surface area contributed by atoms with Gasteiger partial charge in [0.25, 0.3) is 6.01 Å². The smallest absolute Gasteiger partial charge is 0.419 e. The summed E-state index contributed by atoms with van der Waals surface area (Å²) in [6.45, 7) is 1.28. The summed E-state index contributed by atoms with van der Waals surface area (Å²) in [5, 5.41) is 11.7. The number of alkyl halides is 3. The van der Waals surface area contributed by atoms with E-state index in [2.05, 4.69) is 10.3 Å². The molecule has 0 unspecified atom stereocenters. The lowest BCUT2D eigenvalue weighted by Crippen LogP contribution is -2.08. The Bertz CT molecular complexity index is 1050. The third-order valence-corrected chi connectivity index (χ3v) is 3.88. The summed E-state index contributed by atoms with van der Waals surface area (Å²) >= 11 is 0. The van der Waals surface area contributed by atoms with Crippen LogP contribution in [0.3, 0.4) is 0 Å². The second kappa shape index (κ2) is 9.94. The van der Waals surface area contributed by atoms with Gasteiger partial charge in [-0.15, -0.1) is 6.54 Å². The van der Waals surface area contributed by atoms with Crippen LogP contribution in [-0.4, -0.2) is 23.2 Å². The zero-order chi connectivity index (χ0) is 23.2. The van der Waals surface area contributed by atoms with E-state index in [1.165, 1.54) is 0 Å². The van der Waals surface area contributed by atoms with Crippen molar-refractivity contribution in [3.05, 3.63) is 76.6 Å². The molecule has 1 aromatic heterocycles. The fraction of sp³-hybridized carbons (Fsp3) is 0.200. The molecule has 0 atom stereocenters. The molecule has 3 aromatic rings. The molecule has 31 heavy (non-hydrogen) atoms. The maximum atomic E-state index is 12.6. The summed E-state index contributed by atoms with van der Waals surface area (Å²) in [6, 6.07) is 9.86. The molecule has 0 amide bonds. The molecule has 2 aromatic carbocycles. The molecule has 3 rings (SSSR count). The lowest BCUT2D eigenvalue weighted by atomic mass is 10.1. The highest BCUT2D eigenvalue weighted by atomic mass is 19.4. The van der Waals surface area contributed by atoms with Crippen molar-refractivity contribution < 1.29 is 36.6 Å². The molecule has 0 aliphatic heterocycles. The quantitative estimate of drug-likeness (QED) is 0.483. The molecule has 0 saturated carbocycles. The largest absolute Gasteiger partial charge is 0.674 e. The van der Waals surface area contributed by atoms with Gasteiger partial charge in [0, 0.05) is 0 Å². The summed E-state index contributed by atoms with van der Waals surface area (Å²) < 4.78 is 59.1. The first-order chi connectivity index (χ1) is 14.6. The average molecular weight is 440 g/mol. The normalized spacial score (nSPS) is 10.8. The van der Waals surface area contributed by atoms with Gasteiger partial charge in [0.1, 0.15) is 11.6 Å². The van der Waals surface area contributed by atoms with Crippen molar-refractivity contribution in [3.8, 4) is 5.75 Å². The minimum Gasteiger partial charge on any atom is -0.674 e. The van der Waals surface area contributed by atoms with Crippen LogP contribution in [0.25, 0.3) is 5.73 Å². The van der Waals surface area contributed by atoms with E-state index in [1.54, 1.807) is 26.2 Å². The fourth-order valence-electron chi connectivity index (χ4n) is 2.41. The van der Waals surface area contributed by atoms with E-state index in [9.17, 15) is 22.4 Å². The molecule has 0 spiro atoms. The molecule has 3 N–H and O–H groups in total. The Morgan fingerprint density at radius 1 is 1.26 bits per heavy atom. The number of aryl methyl sites for hydroxylation is 1. The van der Waals surface area contributed by atoms with Gasteiger partial charge in [-0.1, -0.05) is 23.8 Å². The Morgan fingerprint density at radius 2 is 1.94 bits per heavy atom. The summed E-state index contributed by atoms with van der Waals surface area (Å²) in [7, 11) is 1.55. The van der Waals surface area contributed by atoms with Crippen LogP contribution >= 0.6 is 0 Å². The van der Waals surface area contributed by atoms with Crippen LogP contribution in [-0.2, 0) is 12.7 Å². The van der Waals surface area contributed by atoms with Crippen LogP contribution in [0.5, 0.6) is 5.75 Å². The summed E-state index contributed by atoms with van der Waals surface area (Å²) in [5.74, 6) is -2.00. The van der Waals surface area contributed by atoms with Crippen molar-refractivity contribution >= 4 is 17.7 Å². The number of ether oxygens (including phenoxy) is 1. The maximum Gasteiger partial charge on any atom is 0.419 e. The fourth-order valence-corrected chi connectivity index (χ4v) is 2.41. The summed E-state index contributed by atoms with van der Waals surface area (Å²) in [5.41, 5.74) is 6.63. The highest BCUT2D eigenvalue weighted by molar-refractivity contribution is 5.86. The number of hydrogen-bond donors (Lipinski definition) is 2. The van der Waals surface area contributed by atoms with Crippen molar-refractivity contribution in [1.29, 1.82) is 0 Å². The summed E-state index contributed by atoms with van der Waals surface area (Å²) in [4.78, 5) is 14.8. The predicted molar refractivity (Wildman–Crippen MR) is 104 cm³/mol. The number of nitrogens with zero attached hydrogens (tertiary/aromatic N) is 1. The van der Waals surface area contributed by atoms with Gasteiger partial charge >= 0.3 is 12.1 Å². The molecule has 0 saturated heterocycles. The van der Waals surface area contributed by atoms with Crippen LogP contribution in [0.4, 0.5) is 29.3 Å². The highest BCUT2D eigenvalue weighted by Gasteiger charge is 2.33. The second-order valence-corrected chi connectivity index (χ2v) is 6.05. The van der Waals surface area contributed by atoms with Crippen LogP contribution in [0.15, 0.2) is 46.9 Å². The Morgan fingerprint density at radius 3 is 2.48 bits per heavy atom. The van der Waals surface area contributed by atoms with Crippen LogP contribution in [0.2, 0.25) is 0 Å². The third kappa shape index (κ3) is 6.19. The number of carboxylic acids is 1. The molecule has 1 heterocycles. The van der Waals surface area contributed by atoms with E-state index < -0.39 is 23.5 Å². The second-order valence-electron chi connectivity index (χ2n) is 6.05. The monoisotopic (exact) mass is 440 g/mol. The lowest BCUT2D eigenvalue weighted by Gasteiger charge is -2.10. The molecule has 7 nitrogen and oxygen atoms in total. The Balaban J connectivity index is 0.000000233. The Hall–Kier alpha value is -3.60. The highest BCUT2D eigenvalue weighted by Crippen LogP contribution is 2.32. The number of halogens is 4. The number of aromatic nitrogens is 1. The van der Waals surface area contributed by atoms with Crippen LogP contribution in [0.1, 0.15) is 27.4 Å². The number of para-hydroxylation sites is 2. The predicted octanol–water partition coefficient (Wildman–Crippen LogP) is 5.83. The lowest BCUT2D eigenvalue weighted by molar-refractivity contribution is -0.140. The number of aromatic carboxylic acids is 1. The molecule has 0 fully saturated rings. The average Bonchev–Trinajstić information content (AvgIpc) is 3.09. The topological polar surface area (TPSA) is 108 Å². The minimum absolute atomic E-state index is 0.120. The number of carboxylic acid groups (broad SMARTS) is 1. The number of anilines is 2. The molecular weight excluding hydrogens is 422 g/mol. The zero-order valence-corrected chi connectivity index (χ0v) is 16.4. The van der Waals surface area contributed by atoms with Gasteiger partial charge in [-0.2, -0.15) is 18.2 Å². The third-order valence-electron chi connectivity index (χ3n) is 3.88. The van der Waals surface area contributed by atoms with Gasteiger partial charge in [0.05, 0.1) is 24.1 Å². The van der Waals surface area contributed by atoms with Gasteiger partial charge in [-0.3, -0.25) is 0 Å². The van der Waals surface area contributed by atoms with Crippen LogP contribution < -0.4 is 10.1 Å². The minimum atomic E-state index is -4.69. The van der Waals surface area contributed by atoms with Gasteiger partial charge in [0.2, 0.25) is 5.76 Å². The standard InChI is InChI=1S/C12H12N2O4.C8H6F4N/c1-7-10(11(15)16)18-12(13-7)14-8-5-3-4-6-9(8)17-2;9-7-2-1-5(4-13)3-6(7)8(10,11)12/h3-6H,1-2H3,(H,13,14)(H,15,16);1-3,13H,4H2/q;-1. The molecule has 11 heteroatoms. The van der Waals surface area contributed by atoms with Crippen molar-refractivity contribution in [2.45, 2.75) is 19.6 Å². The van der Waals surface area contributed by atoms with Crippen LogP contribution in [0, 0.1) is 12.7 Å². The van der Waals surface area contributed by atoms with Gasteiger partial charge in [-0.25, -0.2) is 9.18 Å². The van der Waals surface area contributed by atoms with Crippen molar-refractivity contribution in [2.75, 3.05) is 12.4 Å². The number of benzene rings is 2. The number of carbonyl (C=O) groups is 1. The number of methoxy groups -OCH3 is 1. The molecule has 0 aliphatic carbocycles. The van der Waals surface area contributed by atoms with E-state index in [-0.39, 0.29) is 23.9 Å². The van der Waals surface area contributed by atoms with E-state index in [0.29, 0.717) is 23.2 Å². The number of nitrogens with one attached hydrogen (secondary N) is 2. The van der Waals surface area contributed by atoms with E-state index in [4.69, 9.17) is 20.0 Å². The SMILES string of the molecule is COc1ccccc1Nc1nc(C)c(C(=O)O)o1.[NH-]Cc1ccc(F)c(C(F)(F)F)c1. The number of rotatable bonds is 5. The number of oxazole rings is 1. The Labute approximate surface area is 174 Å². The molecule has 0 aliphatic rings. The van der Waals surface area contributed by atoms with Gasteiger partial charge in [-0.05, 0) is 31.2 Å². The van der Waals surface area contributed by atoms with E-state index in [0.717, 1.165) is 12.1 Å². The molecule has 166 valence electrons. The number of hydrogen-bond acceptors (Lipinski definition) is 5. The van der Waals surface area contributed by atoms with E-state index in [1.807, 2.05) is 12.1 Å². The van der Waals surface area contributed by atoms with Gasteiger partial charge in [0.15, 0.2) is 0 Å². The molecule has 0 radical (unpaired) electrons. The zero-order valence-electron chi connectivity index (χ0n) is 16.4. The summed E-state index contributed by atoms with van der Waals surface area (Å²) in [6.07, 6.45) is -4.69. The first kappa shape index (κ1) is 23.7. The first-order valence-electron chi connectivity index (χ1n) is 8.67. The van der Waals surface area contributed by atoms with Crippen molar-refractivity contribution in [2.24, 2.45) is 0 Å². The van der Waals surface area contributed by atoms with E-state index >= 15 is 0 Å². The van der Waals surface area contributed by atoms with Crippen molar-refractivity contribution in [3.63, 3.8) is 0 Å². The van der Waals surface area contributed by atoms with Gasteiger partial charge < -0.3 is 25.3 Å². The molecular formula is C20H18F4N3O4-. The first-order valence-corrected chi connectivity index (χ1v) is 8.67.